The molecule has 0 unspecified atom stereocenters. The van der Waals surface area contributed by atoms with Gasteiger partial charge in [0.25, 0.3) is 0 Å². The van der Waals surface area contributed by atoms with Crippen LogP contribution < -0.4 is 0 Å². The van der Waals surface area contributed by atoms with E-state index in [1.54, 1.807) is 0 Å². The van der Waals surface area contributed by atoms with Crippen LogP contribution in [0.2, 0.25) is 0 Å². The lowest BCUT2D eigenvalue weighted by Gasteiger charge is -2.14. The Bertz CT molecular complexity index is 699. The van der Waals surface area contributed by atoms with E-state index < -0.39 is 0 Å². The summed E-state index contributed by atoms with van der Waals surface area (Å²) in [4.78, 5) is 6.74. The second-order valence-corrected chi connectivity index (χ2v) is 5.36. The minimum absolute atomic E-state index is 0.866. The van der Waals surface area contributed by atoms with Gasteiger partial charge in [-0.25, -0.2) is 4.98 Å². The fourth-order valence-electron chi connectivity index (χ4n) is 2.54. The zero-order chi connectivity index (χ0) is 13.9. The fraction of sp³-hybridized carbons (Fsp3) is 0.235. The highest BCUT2D eigenvalue weighted by Gasteiger charge is 2.10. The number of rotatable bonds is 4. The largest absolute Gasteiger partial charge is 0.324 e. The molecule has 0 aliphatic rings. The third-order valence-corrected chi connectivity index (χ3v) is 3.40. The molecule has 3 rings (SSSR count). The van der Waals surface area contributed by atoms with Crippen LogP contribution in [0.25, 0.3) is 11.0 Å². The van der Waals surface area contributed by atoms with Gasteiger partial charge in [-0.2, -0.15) is 0 Å². The van der Waals surface area contributed by atoms with Gasteiger partial charge >= 0.3 is 0 Å². The Balaban J connectivity index is 2.06. The summed E-state index contributed by atoms with van der Waals surface area (Å²) in [7, 11) is 4.19. The van der Waals surface area contributed by atoms with Crippen LogP contribution in [0, 0.1) is 0 Å². The number of pyridine rings is 1. The Kier molecular flexibility index (Phi) is 3.52. The molecule has 0 aliphatic carbocycles. The normalized spacial score (nSPS) is 11.3. The van der Waals surface area contributed by atoms with Crippen molar-refractivity contribution in [3.05, 3.63) is 66.0 Å². The molecule has 0 fully saturated rings. The first-order chi connectivity index (χ1) is 9.74. The molecule has 1 aromatic carbocycles. The number of hydrogen-bond acceptors (Lipinski definition) is 2. The quantitative estimate of drug-likeness (QED) is 0.722. The minimum atomic E-state index is 0.866. The predicted molar refractivity (Wildman–Crippen MR) is 82.7 cm³/mol. The molecule has 3 nitrogen and oxygen atoms in total. The van der Waals surface area contributed by atoms with Crippen molar-refractivity contribution < 1.29 is 0 Å². The lowest BCUT2D eigenvalue weighted by atomic mass is 10.2. The van der Waals surface area contributed by atoms with Gasteiger partial charge in [0.05, 0.1) is 0 Å². The maximum absolute atomic E-state index is 4.55. The molecule has 3 heteroatoms. The van der Waals surface area contributed by atoms with Crippen molar-refractivity contribution in [3.63, 3.8) is 0 Å². The summed E-state index contributed by atoms with van der Waals surface area (Å²) in [5.41, 5.74) is 3.66. The van der Waals surface area contributed by atoms with Crippen LogP contribution in [-0.2, 0) is 13.1 Å². The van der Waals surface area contributed by atoms with Crippen molar-refractivity contribution in [1.29, 1.82) is 0 Å². The van der Waals surface area contributed by atoms with E-state index in [1.165, 1.54) is 16.6 Å². The van der Waals surface area contributed by atoms with Crippen molar-refractivity contribution in [2.45, 2.75) is 13.1 Å². The molecule has 20 heavy (non-hydrogen) atoms. The zero-order valence-electron chi connectivity index (χ0n) is 12.0. The summed E-state index contributed by atoms with van der Waals surface area (Å²) in [6.07, 6.45) is 1.86. The lowest BCUT2D eigenvalue weighted by Crippen LogP contribution is -2.15. The van der Waals surface area contributed by atoms with E-state index in [1.807, 2.05) is 12.3 Å². The van der Waals surface area contributed by atoms with Crippen LogP contribution >= 0.6 is 0 Å². The van der Waals surface area contributed by atoms with Crippen LogP contribution in [0.4, 0.5) is 0 Å². The average Bonchev–Trinajstić information content (AvgIpc) is 2.77. The molecule has 0 N–H and O–H groups in total. The van der Waals surface area contributed by atoms with Crippen LogP contribution in [0.3, 0.4) is 0 Å². The number of aromatic nitrogens is 2. The van der Waals surface area contributed by atoms with E-state index in [9.17, 15) is 0 Å². The topological polar surface area (TPSA) is 21.1 Å². The average molecular weight is 265 g/mol. The first kappa shape index (κ1) is 12.9. The standard InChI is InChI=1S/C17H19N3/c1-19(2)13-16-11-15-9-6-10-18-17(15)20(16)12-14-7-4-3-5-8-14/h3-11H,12-13H2,1-2H3. The fourth-order valence-corrected chi connectivity index (χ4v) is 2.54. The zero-order valence-corrected chi connectivity index (χ0v) is 12.0. The highest BCUT2D eigenvalue weighted by atomic mass is 15.1. The van der Waals surface area contributed by atoms with Gasteiger partial charge in [0.2, 0.25) is 0 Å². The maximum atomic E-state index is 4.55. The van der Waals surface area contributed by atoms with E-state index in [-0.39, 0.29) is 0 Å². The smallest absolute Gasteiger partial charge is 0.140 e. The second kappa shape index (κ2) is 5.47. The van der Waals surface area contributed by atoms with Crippen molar-refractivity contribution in [3.8, 4) is 0 Å². The minimum Gasteiger partial charge on any atom is -0.324 e. The molecule has 3 aromatic rings. The summed E-state index contributed by atoms with van der Waals surface area (Å²) in [5, 5.41) is 1.21. The van der Waals surface area contributed by atoms with Crippen LogP contribution in [-0.4, -0.2) is 28.5 Å². The van der Waals surface area contributed by atoms with Gasteiger partial charge in [-0.05, 0) is 37.9 Å². The van der Waals surface area contributed by atoms with Gasteiger partial charge in [-0.15, -0.1) is 0 Å². The molecule has 2 heterocycles. The van der Waals surface area contributed by atoms with Gasteiger partial charge in [-0.3, -0.25) is 0 Å². The Morgan fingerprint density at radius 3 is 2.60 bits per heavy atom. The molecule has 0 bridgehead atoms. The monoisotopic (exact) mass is 265 g/mol. The molecule has 0 saturated carbocycles. The third-order valence-electron chi connectivity index (χ3n) is 3.40. The van der Waals surface area contributed by atoms with E-state index in [2.05, 4.69) is 71.0 Å². The second-order valence-electron chi connectivity index (χ2n) is 5.36. The van der Waals surface area contributed by atoms with Gasteiger partial charge in [0.1, 0.15) is 5.65 Å². The SMILES string of the molecule is CN(C)Cc1cc2cccnc2n1Cc1ccccc1. The number of benzene rings is 1. The molecular formula is C17H19N3. The van der Waals surface area contributed by atoms with Gasteiger partial charge in [0, 0.05) is 30.4 Å². The Morgan fingerprint density at radius 2 is 1.85 bits per heavy atom. The van der Waals surface area contributed by atoms with Gasteiger partial charge in [0.15, 0.2) is 0 Å². The highest BCUT2D eigenvalue weighted by molar-refractivity contribution is 5.77. The van der Waals surface area contributed by atoms with Gasteiger partial charge < -0.3 is 9.47 Å². The molecule has 0 aliphatic heterocycles. The molecule has 102 valence electrons. The molecule has 0 radical (unpaired) electrons. The van der Waals surface area contributed by atoms with Crippen LogP contribution in [0.5, 0.6) is 0 Å². The third kappa shape index (κ3) is 2.58. The first-order valence-electron chi connectivity index (χ1n) is 6.86. The van der Waals surface area contributed by atoms with E-state index in [0.29, 0.717) is 0 Å². The summed E-state index contributed by atoms with van der Waals surface area (Å²) in [5.74, 6) is 0. The van der Waals surface area contributed by atoms with E-state index in [4.69, 9.17) is 0 Å². The van der Waals surface area contributed by atoms with Gasteiger partial charge in [-0.1, -0.05) is 30.3 Å². The summed E-state index contributed by atoms with van der Waals surface area (Å²) in [6, 6.07) is 16.9. The maximum Gasteiger partial charge on any atom is 0.140 e. The van der Waals surface area contributed by atoms with Crippen LogP contribution in [0.15, 0.2) is 54.7 Å². The van der Waals surface area contributed by atoms with Crippen molar-refractivity contribution in [2.24, 2.45) is 0 Å². The Hall–Kier alpha value is -2.13. The Morgan fingerprint density at radius 1 is 1.05 bits per heavy atom. The molecule has 0 amide bonds. The number of nitrogens with zero attached hydrogens (tertiary/aromatic N) is 3. The summed E-state index contributed by atoms with van der Waals surface area (Å²) < 4.78 is 2.31. The van der Waals surface area contributed by atoms with E-state index >= 15 is 0 Å². The molecule has 0 spiro atoms. The van der Waals surface area contributed by atoms with Crippen LogP contribution in [0.1, 0.15) is 11.3 Å². The van der Waals surface area contributed by atoms with E-state index in [0.717, 1.165) is 18.7 Å². The van der Waals surface area contributed by atoms with Crippen molar-refractivity contribution in [1.82, 2.24) is 14.5 Å². The first-order valence-corrected chi connectivity index (χ1v) is 6.86. The number of fused-ring (bicyclic) bond motifs is 1. The lowest BCUT2D eigenvalue weighted by molar-refractivity contribution is 0.390. The molecule has 2 aromatic heterocycles. The number of hydrogen-bond donors (Lipinski definition) is 0. The molecule has 0 atom stereocenters. The summed E-state index contributed by atoms with van der Waals surface area (Å²) in [6.45, 7) is 1.79. The van der Waals surface area contributed by atoms with Crippen molar-refractivity contribution in [2.75, 3.05) is 14.1 Å². The highest BCUT2D eigenvalue weighted by Crippen LogP contribution is 2.20. The Labute approximate surface area is 119 Å². The molecule has 0 saturated heterocycles. The summed E-state index contributed by atoms with van der Waals surface area (Å²) >= 11 is 0. The predicted octanol–water partition coefficient (Wildman–Crippen LogP) is 3.15. The van der Waals surface area contributed by atoms with Crippen molar-refractivity contribution >= 4 is 11.0 Å². The molecular weight excluding hydrogens is 246 g/mol.